The first-order valence-corrected chi connectivity index (χ1v) is 14.1. The van der Waals surface area contributed by atoms with E-state index in [9.17, 15) is 4.79 Å². The van der Waals surface area contributed by atoms with Gasteiger partial charge in [0, 0.05) is 85.6 Å². The van der Waals surface area contributed by atoms with Crippen LogP contribution in [0.15, 0.2) is 79.8 Å². The highest BCUT2D eigenvalue weighted by Gasteiger charge is 2.28. The van der Waals surface area contributed by atoms with Crippen LogP contribution >= 0.6 is 0 Å². The molecule has 2 aliphatic heterocycles. The van der Waals surface area contributed by atoms with Crippen molar-refractivity contribution < 1.29 is 4.79 Å². The number of amides is 1. The smallest absolute Gasteiger partial charge is 0.250 e. The van der Waals surface area contributed by atoms with Crippen molar-refractivity contribution in [1.82, 2.24) is 24.6 Å². The van der Waals surface area contributed by atoms with Gasteiger partial charge in [-0.1, -0.05) is 30.8 Å². The molecule has 0 spiro atoms. The minimum atomic E-state index is -0.0694. The van der Waals surface area contributed by atoms with Gasteiger partial charge in [-0.3, -0.25) is 9.48 Å². The summed E-state index contributed by atoms with van der Waals surface area (Å²) in [5.74, 6) is -0.0694. The first-order chi connectivity index (χ1) is 20.0. The van der Waals surface area contributed by atoms with E-state index in [0.29, 0.717) is 6.54 Å². The second-order valence-electron chi connectivity index (χ2n) is 11.0. The summed E-state index contributed by atoms with van der Waals surface area (Å²) in [6, 6.07) is 17.3. The Balaban J connectivity index is 1.38. The molecular formula is C33H33N7O. The molecule has 1 amide bonds. The van der Waals surface area contributed by atoms with Crippen LogP contribution in [0.4, 0.5) is 11.4 Å². The quantitative estimate of drug-likeness (QED) is 0.312. The van der Waals surface area contributed by atoms with Crippen LogP contribution in [-0.2, 0) is 18.3 Å². The lowest BCUT2D eigenvalue weighted by atomic mass is 9.93. The highest BCUT2D eigenvalue weighted by Crippen LogP contribution is 2.44. The van der Waals surface area contributed by atoms with Crippen molar-refractivity contribution in [3.8, 4) is 33.5 Å². The highest BCUT2D eigenvalue weighted by molar-refractivity contribution is 6.07. The summed E-state index contributed by atoms with van der Waals surface area (Å²) in [5.41, 5.74) is 10.6. The summed E-state index contributed by atoms with van der Waals surface area (Å²) in [7, 11) is 4.10. The van der Waals surface area contributed by atoms with Gasteiger partial charge in [0.15, 0.2) is 0 Å². The second-order valence-corrected chi connectivity index (χ2v) is 11.0. The lowest BCUT2D eigenvalue weighted by molar-refractivity contribution is -0.114. The number of anilines is 2. The van der Waals surface area contributed by atoms with E-state index in [1.54, 1.807) is 4.68 Å². The molecule has 0 bridgehead atoms. The summed E-state index contributed by atoms with van der Waals surface area (Å²) in [6.45, 7) is 8.57. The average molecular weight is 544 g/mol. The van der Waals surface area contributed by atoms with Gasteiger partial charge in [0.1, 0.15) is 5.65 Å². The predicted molar refractivity (Wildman–Crippen MR) is 165 cm³/mol. The number of aryl methyl sites for hydroxylation is 1. The number of H-pyrrole nitrogens is 1. The van der Waals surface area contributed by atoms with Crippen molar-refractivity contribution >= 4 is 28.3 Å². The van der Waals surface area contributed by atoms with E-state index >= 15 is 0 Å². The number of likely N-dealkylation sites (N-methyl/N-ethyl adjacent to an activating group) is 1. The number of rotatable bonds is 5. The van der Waals surface area contributed by atoms with Crippen molar-refractivity contribution in [3.63, 3.8) is 0 Å². The molecule has 7 rings (SSSR count). The zero-order chi connectivity index (χ0) is 28.1. The van der Waals surface area contributed by atoms with Crippen molar-refractivity contribution in [1.29, 1.82) is 0 Å². The second kappa shape index (κ2) is 10.1. The summed E-state index contributed by atoms with van der Waals surface area (Å²) in [4.78, 5) is 27.8. The van der Waals surface area contributed by atoms with Gasteiger partial charge in [0.2, 0.25) is 5.91 Å². The standard InChI is InChI=1S/C33H33N7O/c1-4-30(41)40-13-12-26-27(6-5-7-29(26)40)31-28-18-23(24-20-35-38(3)21-24)19-34-33(28)36-32(31)22-8-10-25(11-9-22)39-16-14-37(2)15-17-39/h4-11,18-21H,1,12-17H2,2-3H3,(H,34,36). The van der Waals surface area contributed by atoms with Crippen LogP contribution in [0.3, 0.4) is 0 Å². The van der Waals surface area contributed by atoms with Crippen LogP contribution in [0.5, 0.6) is 0 Å². The van der Waals surface area contributed by atoms with E-state index in [4.69, 9.17) is 4.98 Å². The van der Waals surface area contributed by atoms with Crippen LogP contribution in [0.1, 0.15) is 5.56 Å². The maximum Gasteiger partial charge on any atom is 0.250 e. The summed E-state index contributed by atoms with van der Waals surface area (Å²) >= 11 is 0. The fourth-order valence-corrected chi connectivity index (χ4v) is 6.21. The molecule has 0 aliphatic carbocycles. The van der Waals surface area contributed by atoms with E-state index in [1.165, 1.54) is 17.3 Å². The van der Waals surface area contributed by atoms with E-state index in [-0.39, 0.29) is 5.91 Å². The lowest BCUT2D eigenvalue weighted by Gasteiger charge is -2.34. The highest BCUT2D eigenvalue weighted by atomic mass is 16.2. The summed E-state index contributed by atoms with van der Waals surface area (Å²) < 4.78 is 1.81. The Kier molecular flexibility index (Phi) is 6.20. The van der Waals surface area contributed by atoms with Crippen molar-refractivity contribution in [2.24, 2.45) is 7.05 Å². The average Bonchev–Trinajstić information content (AvgIpc) is 3.73. The maximum absolute atomic E-state index is 12.6. The zero-order valence-electron chi connectivity index (χ0n) is 23.5. The molecule has 3 aromatic heterocycles. The number of carbonyl (C=O) groups is 1. The minimum absolute atomic E-state index is 0.0694. The molecule has 0 saturated carbocycles. The Morgan fingerprint density at radius 1 is 0.951 bits per heavy atom. The predicted octanol–water partition coefficient (Wildman–Crippen LogP) is 5.12. The number of fused-ring (bicyclic) bond motifs is 2. The van der Waals surface area contributed by atoms with Gasteiger partial charge >= 0.3 is 0 Å². The first-order valence-electron chi connectivity index (χ1n) is 14.1. The molecule has 41 heavy (non-hydrogen) atoms. The molecule has 0 atom stereocenters. The van der Waals surface area contributed by atoms with Crippen molar-refractivity contribution in [3.05, 3.63) is 85.3 Å². The zero-order valence-corrected chi connectivity index (χ0v) is 23.5. The summed E-state index contributed by atoms with van der Waals surface area (Å²) in [6.07, 6.45) is 7.96. The third-order valence-electron chi connectivity index (χ3n) is 8.45. The molecule has 1 fully saturated rings. The number of nitrogens with one attached hydrogen (secondary N) is 1. The SMILES string of the molecule is C=CC(=O)N1CCc2c(-c3c(-c4ccc(N5CCN(C)CC5)cc4)[nH]c4ncc(-c5cnn(C)c5)cc34)cccc21. The van der Waals surface area contributed by atoms with Gasteiger partial charge in [0.25, 0.3) is 0 Å². The topological polar surface area (TPSA) is 73.3 Å². The third kappa shape index (κ3) is 4.40. The van der Waals surface area contributed by atoms with Crippen LogP contribution in [0.25, 0.3) is 44.5 Å². The van der Waals surface area contributed by atoms with Crippen LogP contribution in [0, 0.1) is 0 Å². The molecule has 5 heterocycles. The molecule has 2 aliphatic rings. The van der Waals surface area contributed by atoms with Gasteiger partial charge in [0.05, 0.1) is 11.9 Å². The number of piperazine rings is 1. The van der Waals surface area contributed by atoms with E-state index < -0.39 is 0 Å². The number of hydrogen-bond donors (Lipinski definition) is 1. The Morgan fingerprint density at radius 3 is 2.49 bits per heavy atom. The molecular weight excluding hydrogens is 510 g/mol. The number of pyridine rings is 1. The number of nitrogens with zero attached hydrogens (tertiary/aromatic N) is 6. The molecule has 2 aromatic carbocycles. The van der Waals surface area contributed by atoms with Gasteiger partial charge < -0.3 is 19.7 Å². The van der Waals surface area contributed by atoms with Crippen molar-refractivity contribution in [2.45, 2.75) is 6.42 Å². The van der Waals surface area contributed by atoms with Crippen LogP contribution in [0.2, 0.25) is 0 Å². The molecule has 8 heteroatoms. The van der Waals surface area contributed by atoms with Gasteiger partial charge in [-0.15, -0.1) is 0 Å². The van der Waals surface area contributed by atoms with Crippen LogP contribution in [-0.4, -0.2) is 70.3 Å². The summed E-state index contributed by atoms with van der Waals surface area (Å²) in [5, 5.41) is 5.41. The normalized spacial score (nSPS) is 15.5. The Labute approximate surface area is 239 Å². The van der Waals surface area contributed by atoms with E-state index in [2.05, 4.69) is 69.9 Å². The largest absolute Gasteiger partial charge is 0.369 e. The van der Waals surface area contributed by atoms with Gasteiger partial charge in [-0.2, -0.15) is 5.10 Å². The minimum Gasteiger partial charge on any atom is -0.369 e. The Morgan fingerprint density at radius 2 is 1.76 bits per heavy atom. The number of aromatic amines is 1. The molecule has 1 saturated heterocycles. The molecule has 0 unspecified atom stereocenters. The number of benzene rings is 2. The maximum atomic E-state index is 12.6. The molecule has 206 valence electrons. The monoisotopic (exact) mass is 543 g/mol. The fraction of sp³-hybridized carbons (Fsp3) is 0.242. The fourth-order valence-electron chi connectivity index (χ4n) is 6.21. The van der Waals surface area contributed by atoms with Gasteiger partial charge in [-0.25, -0.2) is 4.98 Å². The Bertz CT molecular complexity index is 1770. The van der Waals surface area contributed by atoms with Gasteiger partial charge in [-0.05, 0) is 60.5 Å². The molecule has 0 radical (unpaired) electrons. The third-order valence-corrected chi connectivity index (χ3v) is 8.45. The number of carbonyl (C=O) groups excluding carboxylic acids is 1. The van der Waals surface area contributed by atoms with Crippen molar-refractivity contribution in [2.75, 3.05) is 49.6 Å². The lowest BCUT2D eigenvalue weighted by Crippen LogP contribution is -2.44. The first kappa shape index (κ1) is 25.3. The Hall–Kier alpha value is -4.69. The van der Waals surface area contributed by atoms with Crippen LogP contribution < -0.4 is 9.80 Å². The van der Waals surface area contributed by atoms with E-state index in [1.807, 2.05) is 42.7 Å². The molecule has 5 aromatic rings. The van der Waals surface area contributed by atoms with E-state index in [0.717, 1.165) is 82.8 Å². The molecule has 8 nitrogen and oxygen atoms in total. The number of hydrogen-bond acceptors (Lipinski definition) is 5. The number of aromatic nitrogens is 4. The molecule has 1 N–H and O–H groups in total.